The van der Waals surface area contributed by atoms with E-state index in [0.29, 0.717) is 39.9 Å². The molecule has 2 aromatic carbocycles. The maximum atomic E-state index is 13.5. The van der Waals surface area contributed by atoms with Gasteiger partial charge >= 0.3 is 0 Å². The molecule has 0 aliphatic carbocycles. The zero-order valence-electron chi connectivity index (χ0n) is 13.5. The summed E-state index contributed by atoms with van der Waals surface area (Å²) < 4.78 is 31.8. The fraction of sp³-hybridized carbons (Fsp3) is 0.278. The summed E-state index contributed by atoms with van der Waals surface area (Å²) in [5, 5.41) is 4.53. The molecule has 1 atom stereocenters. The smallest absolute Gasteiger partial charge is 0.235 e. The fourth-order valence-electron chi connectivity index (χ4n) is 3.07. The van der Waals surface area contributed by atoms with Gasteiger partial charge in [0.15, 0.2) is 0 Å². The molecular weight excluding hydrogens is 343 g/mol. The van der Waals surface area contributed by atoms with Crippen molar-refractivity contribution in [2.75, 3.05) is 31.9 Å². The van der Waals surface area contributed by atoms with E-state index in [2.05, 4.69) is 5.32 Å². The Balaban J connectivity index is 1.62. The zero-order valence-corrected chi connectivity index (χ0v) is 14.3. The van der Waals surface area contributed by atoms with Crippen molar-refractivity contribution in [1.82, 2.24) is 10.2 Å². The van der Waals surface area contributed by atoms with Gasteiger partial charge in [-0.05, 0) is 36.4 Å². The molecule has 0 radical (unpaired) electrons. The molecule has 1 aliphatic heterocycles. The third-order valence-electron chi connectivity index (χ3n) is 4.39. The van der Waals surface area contributed by atoms with Crippen molar-refractivity contribution in [3.05, 3.63) is 42.2 Å². The topological polar surface area (TPSA) is 62.6 Å². The maximum absolute atomic E-state index is 13.5. The predicted octanol–water partition coefficient (Wildman–Crippen LogP) is 2.26. The van der Waals surface area contributed by atoms with Crippen LogP contribution in [0.5, 0.6) is 0 Å². The third kappa shape index (κ3) is 3.17. The van der Waals surface area contributed by atoms with E-state index in [0.717, 1.165) is 13.1 Å². The highest BCUT2D eigenvalue weighted by Crippen LogP contribution is 2.30. The molecule has 2 heterocycles. The lowest BCUT2D eigenvalue weighted by Crippen LogP contribution is -2.47. The molecule has 1 N–H and O–H groups in total. The van der Waals surface area contributed by atoms with Crippen LogP contribution in [0.2, 0.25) is 0 Å². The Morgan fingerprint density at radius 3 is 2.56 bits per heavy atom. The number of hydrogen-bond donors (Lipinski definition) is 1. The second-order valence-corrected chi connectivity index (χ2v) is 7.47. The van der Waals surface area contributed by atoms with Gasteiger partial charge in [-0.3, -0.25) is 9.00 Å². The SMILES string of the molecule is O=C(CS(=O)c1ccc2oc3ccc(F)cc3c2c1)N1CCNCC1. The molecule has 4 rings (SSSR count). The molecule has 1 aromatic heterocycles. The zero-order chi connectivity index (χ0) is 17.4. The van der Waals surface area contributed by atoms with Gasteiger partial charge < -0.3 is 14.6 Å². The molecule has 1 saturated heterocycles. The Morgan fingerprint density at radius 1 is 1.12 bits per heavy atom. The van der Waals surface area contributed by atoms with Gasteiger partial charge in [0.25, 0.3) is 0 Å². The first-order valence-electron chi connectivity index (χ1n) is 8.10. The van der Waals surface area contributed by atoms with Crippen LogP contribution >= 0.6 is 0 Å². The second-order valence-electron chi connectivity index (χ2n) is 6.02. The van der Waals surface area contributed by atoms with Gasteiger partial charge in [0.2, 0.25) is 5.91 Å². The summed E-state index contributed by atoms with van der Waals surface area (Å²) in [5.41, 5.74) is 1.19. The number of nitrogens with one attached hydrogen (secondary N) is 1. The largest absolute Gasteiger partial charge is 0.456 e. The van der Waals surface area contributed by atoms with Crippen molar-refractivity contribution in [2.24, 2.45) is 0 Å². The van der Waals surface area contributed by atoms with Crippen LogP contribution in [-0.4, -0.2) is 46.9 Å². The standard InChI is InChI=1S/C18H17FN2O3S/c19-12-1-3-16-14(9-12)15-10-13(2-4-17(15)24-16)25(23)11-18(22)21-7-5-20-6-8-21/h1-4,9-10,20H,5-8,11H2. The first-order valence-corrected chi connectivity index (χ1v) is 9.42. The lowest BCUT2D eigenvalue weighted by atomic mass is 10.1. The number of carbonyl (C=O) groups excluding carboxylic acids is 1. The molecule has 5 nitrogen and oxygen atoms in total. The monoisotopic (exact) mass is 360 g/mol. The van der Waals surface area contributed by atoms with E-state index in [1.54, 1.807) is 29.2 Å². The molecule has 0 saturated carbocycles. The van der Waals surface area contributed by atoms with Crippen molar-refractivity contribution in [3.63, 3.8) is 0 Å². The van der Waals surface area contributed by atoms with Gasteiger partial charge in [0, 0.05) is 41.8 Å². The van der Waals surface area contributed by atoms with E-state index >= 15 is 0 Å². The summed E-state index contributed by atoms with van der Waals surface area (Å²) in [6.07, 6.45) is 0. The van der Waals surface area contributed by atoms with E-state index < -0.39 is 10.8 Å². The minimum absolute atomic E-state index is 0.0460. The number of rotatable bonds is 3. The molecule has 1 aliphatic rings. The number of hydrogen-bond acceptors (Lipinski definition) is 4. The van der Waals surface area contributed by atoms with E-state index in [-0.39, 0.29) is 17.5 Å². The Labute approximate surface area is 146 Å². The number of benzene rings is 2. The first kappa shape index (κ1) is 16.2. The summed E-state index contributed by atoms with van der Waals surface area (Å²) in [6.45, 7) is 2.80. The van der Waals surface area contributed by atoms with E-state index in [1.807, 2.05) is 0 Å². The van der Waals surface area contributed by atoms with Crippen molar-refractivity contribution >= 4 is 38.6 Å². The number of carbonyl (C=O) groups is 1. The quantitative estimate of drug-likeness (QED) is 0.778. The van der Waals surface area contributed by atoms with Gasteiger partial charge in [-0.15, -0.1) is 0 Å². The lowest BCUT2D eigenvalue weighted by molar-refractivity contribution is -0.128. The average molecular weight is 360 g/mol. The highest BCUT2D eigenvalue weighted by Gasteiger charge is 2.20. The molecule has 7 heteroatoms. The van der Waals surface area contributed by atoms with Gasteiger partial charge in [-0.1, -0.05) is 0 Å². The number of amides is 1. The maximum Gasteiger partial charge on any atom is 0.235 e. The molecule has 130 valence electrons. The van der Waals surface area contributed by atoms with Crippen LogP contribution in [0.1, 0.15) is 0 Å². The predicted molar refractivity (Wildman–Crippen MR) is 94.4 cm³/mol. The molecule has 25 heavy (non-hydrogen) atoms. The van der Waals surface area contributed by atoms with Crippen LogP contribution in [0.25, 0.3) is 21.9 Å². The summed E-state index contributed by atoms with van der Waals surface area (Å²) >= 11 is 0. The average Bonchev–Trinajstić information content (AvgIpc) is 2.99. The van der Waals surface area contributed by atoms with Gasteiger partial charge in [0.05, 0.1) is 10.8 Å². The summed E-state index contributed by atoms with van der Waals surface area (Å²) in [6, 6.07) is 9.46. The second kappa shape index (κ2) is 6.57. The lowest BCUT2D eigenvalue weighted by Gasteiger charge is -2.27. The van der Waals surface area contributed by atoms with E-state index in [1.165, 1.54) is 12.1 Å². The molecule has 3 aromatic rings. The molecule has 1 fully saturated rings. The van der Waals surface area contributed by atoms with E-state index in [4.69, 9.17) is 4.42 Å². The molecule has 0 bridgehead atoms. The number of nitrogens with zero attached hydrogens (tertiary/aromatic N) is 1. The van der Waals surface area contributed by atoms with Crippen LogP contribution in [0.15, 0.2) is 45.7 Å². The van der Waals surface area contributed by atoms with Crippen LogP contribution < -0.4 is 5.32 Å². The van der Waals surface area contributed by atoms with Crippen molar-refractivity contribution in [2.45, 2.75) is 4.90 Å². The van der Waals surface area contributed by atoms with Crippen LogP contribution in [0.4, 0.5) is 4.39 Å². The normalized spacial score (nSPS) is 16.4. The first-order chi connectivity index (χ1) is 12.1. The minimum atomic E-state index is -1.45. The molecular formula is C18H17FN2O3S. The summed E-state index contributed by atoms with van der Waals surface area (Å²) in [7, 11) is -1.45. The van der Waals surface area contributed by atoms with Gasteiger partial charge in [-0.25, -0.2) is 4.39 Å². The number of fused-ring (bicyclic) bond motifs is 3. The highest BCUT2D eigenvalue weighted by atomic mass is 32.2. The molecule has 0 spiro atoms. The Morgan fingerprint density at radius 2 is 1.80 bits per heavy atom. The van der Waals surface area contributed by atoms with Gasteiger partial charge in [-0.2, -0.15) is 0 Å². The molecule has 1 amide bonds. The minimum Gasteiger partial charge on any atom is -0.456 e. The number of halogens is 1. The third-order valence-corrected chi connectivity index (χ3v) is 5.68. The Bertz CT molecular complexity index is 979. The molecule has 1 unspecified atom stereocenters. The highest BCUT2D eigenvalue weighted by molar-refractivity contribution is 7.85. The van der Waals surface area contributed by atoms with Crippen LogP contribution in [0.3, 0.4) is 0 Å². The van der Waals surface area contributed by atoms with Crippen LogP contribution in [0, 0.1) is 5.82 Å². The fourth-order valence-corrected chi connectivity index (χ4v) is 4.11. The Kier molecular flexibility index (Phi) is 4.27. The number of furan rings is 1. The van der Waals surface area contributed by atoms with Crippen molar-refractivity contribution in [1.29, 1.82) is 0 Å². The van der Waals surface area contributed by atoms with Crippen molar-refractivity contribution in [3.8, 4) is 0 Å². The summed E-state index contributed by atoms with van der Waals surface area (Å²) in [5.74, 6) is -0.506. The number of piperazine rings is 1. The summed E-state index contributed by atoms with van der Waals surface area (Å²) in [4.78, 5) is 14.6. The Hall–Kier alpha value is -2.25. The van der Waals surface area contributed by atoms with Crippen LogP contribution in [-0.2, 0) is 15.6 Å². The van der Waals surface area contributed by atoms with Crippen molar-refractivity contribution < 1.29 is 17.8 Å². The van der Waals surface area contributed by atoms with Gasteiger partial charge in [0.1, 0.15) is 22.7 Å². The van der Waals surface area contributed by atoms with E-state index in [9.17, 15) is 13.4 Å².